The zero-order chi connectivity index (χ0) is 14.5. The van der Waals surface area contributed by atoms with E-state index in [-0.39, 0.29) is 12.8 Å². The molecule has 0 saturated heterocycles. The molecule has 4 nitrogen and oxygen atoms in total. The van der Waals surface area contributed by atoms with Crippen molar-refractivity contribution in [3.05, 3.63) is 22.7 Å². The van der Waals surface area contributed by atoms with E-state index >= 15 is 0 Å². The number of hydrogen-bond donors (Lipinski definition) is 1. The summed E-state index contributed by atoms with van der Waals surface area (Å²) in [6.45, 7) is 2.93. The van der Waals surface area contributed by atoms with Crippen molar-refractivity contribution in [1.29, 1.82) is 0 Å². The van der Waals surface area contributed by atoms with E-state index in [1.165, 1.54) is 12.8 Å². The maximum atomic E-state index is 6.09. The van der Waals surface area contributed by atoms with Gasteiger partial charge in [-0.1, -0.05) is 11.6 Å². The van der Waals surface area contributed by atoms with Crippen molar-refractivity contribution in [2.24, 2.45) is 11.7 Å². The summed E-state index contributed by atoms with van der Waals surface area (Å²) in [5, 5.41) is 0.615. The highest BCUT2D eigenvalue weighted by molar-refractivity contribution is 6.30. The molecule has 20 heavy (non-hydrogen) atoms. The molecular formula is C15H22ClNO3. The zero-order valence-corrected chi connectivity index (χ0v) is 12.8. The molecule has 0 heterocycles. The fourth-order valence-electron chi connectivity index (χ4n) is 2.04. The lowest BCUT2D eigenvalue weighted by molar-refractivity contribution is 0.00809. The van der Waals surface area contributed by atoms with Crippen LogP contribution in [0.2, 0.25) is 5.02 Å². The highest BCUT2D eigenvalue weighted by Gasteiger charge is 2.21. The molecule has 1 atom stereocenters. The molecule has 1 saturated carbocycles. The maximum Gasteiger partial charge on any atom is 0.189 e. The SMILES string of the molecule is COc1cc(Cl)cc(CC(C)N)c1OCOCC1CC1. The third-order valence-electron chi connectivity index (χ3n) is 3.20. The van der Waals surface area contributed by atoms with Crippen LogP contribution in [0.15, 0.2) is 12.1 Å². The first-order chi connectivity index (χ1) is 9.60. The highest BCUT2D eigenvalue weighted by Crippen LogP contribution is 2.35. The van der Waals surface area contributed by atoms with Gasteiger partial charge in [0.15, 0.2) is 18.3 Å². The van der Waals surface area contributed by atoms with Crippen LogP contribution in [-0.4, -0.2) is 26.6 Å². The maximum absolute atomic E-state index is 6.09. The van der Waals surface area contributed by atoms with Crippen molar-refractivity contribution in [3.8, 4) is 11.5 Å². The molecule has 1 aliphatic rings. The number of nitrogens with two attached hydrogens (primary N) is 1. The van der Waals surface area contributed by atoms with Crippen molar-refractivity contribution in [3.63, 3.8) is 0 Å². The molecule has 1 aliphatic carbocycles. The van der Waals surface area contributed by atoms with Crippen LogP contribution >= 0.6 is 11.6 Å². The van der Waals surface area contributed by atoms with Crippen molar-refractivity contribution in [1.82, 2.24) is 0 Å². The molecule has 0 spiro atoms. The lowest BCUT2D eigenvalue weighted by atomic mass is 10.1. The third kappa shape index (κ3) is 4.54. The van der Waals surface area contributed by atoms with Crippen LogP contribution in [0, 0.1) is 5.92 Å². The van der Waals surface area contributed by atoms with Gasteiger partial charge in [-0.05, 0) is 38.2 Å². The fourth-order valence-corrected chi connectivity index (χ4v) is 2.27. The molecule has 0 bridgehead atoms. The Labute approximate surface area is 125 Å². The Kier molecular flexibility index (Phi) is 5.52. The summed E-state index contributed by atoms with van der Waals surface area (Å²) in [4.78, 5) is 0. The number of halogens is 1. The van der Waals surface area contributed by atoms with E-state index in [2.05, 4.69) is 0 Å². The Hall–Kier alpha value is -0.970. The largest absolute Gasteiger partial charge is 0.493 e. The second-order valence-electron chi connectivity index (χ2n) is 5.35. The van der Waals surface area contributed by atoms with Crippen molar-refractivity contribution >= 4 is 11.6 Å². The first-order valence-electron chi connectivity index (χ1n) is 6.92. The molecular weight excluding hydrogens is 278 g/mol. The van der Waals surface area contributed by atoms with Crippen LogP contribution in [0.4, 0.5) is 0 Å². The highest BCUT2D eigenvalue weighted by atomic mass is 35.5. The van der Waals surface area contributed by atoms with Gasteiger partial charge in [0.05, 0.1) is 13.7 Å². The first-order valence-corrected chi connectivity index (χ1v) is 7.30. The van der Waals surface area contributed by atoms with E-state index in [1.54, 1.807) is 13.2 Å². The molecule has 0 aromatic heterocycles. The van der Waals surface area contributed by atoms with E-state index in [9.17, 15) is 0 Å². The lowest BCUT2D eigenvalue weighted by Gasteiger charge is -2.17. The number of benzene rings is 1. The molecule has 0 amide bonds. The summed E-state index contributed by atoms with van der Waals surface area (Å²) >= 11 is 6.09. The second kappa shape index (κ2) is 7.16. The molecule has 1 aromatic carbocycles. The van der Waals surface area contributed by atoms with Gasteiger partial charge >= 0.3 is 0 Å². The zero-order valence-electron chi connectivity index (χ0n) is 12.0. The Balaban J connectivity index is 2.04. The minimum atomic E-state index is 0.0212. The van der Waals surface area contributed by atoms with Gasteiger partial charge in [0.25, 0.3) is 0 Å². The number of hydrogen-bond acceptors (Lipinski definition) is 4. The number of ether oxygens (including phenoxy) is 3. The molecule has 2 rings (SSSR count). The van der Waals surface area contributed by atoms with Crippen LogP contribution in [0.25, 0.3) is 0 Å². The molecule has 1 unspecified atom stereocenters. The van der Waals surface area contributed by atoms with E-state index in [0.29, 0.717) is 28.9 Å². The quantitative estimate of drug-likeness (QED) is 0.592. The van der Waals surface area contributed by atoms with Gasteiger partial charge in [0.2, 0.25) is 0 Å². The summed E-state index contributed by atoms with van der Waals surface area (Å²) in [6.07, 6.45) is 3.20. The van der Waals surface area contributed by atoms with Crippen molar-refractivity contribution in [2.45, 2.75) is 32.2 Å². The summed E-state index contributed by atoms with van der Waals surface area (Å²) < 4.78 is 16.6. The van der Waals surface area contributed by atoms with Crippen LogP contribution < -0.4 is 15.2 Å². The molecule has 2 N–H and O–H groups in total. The Morgan fingerprint density at radius 2 is 2.15 bits per heavy atom. The smallest absolute Gasteiger partial charge is 0.189 e. The number of methoxy groups -OCH3 is 1. The Morgan fingerprint density at radius 3 is 2.75 bits per heavy atom. The first kappa shape index (κ1) is 15.4. The second-order valence-corrected chi connectivity index (χ2v) is 5.79. The third-order valence-corrected chi connectivity index (χ3v) is 3.41. The van der Waals surface area contributed by atoms with Crippen molar-refractivity contribution < 1.29 is 14.2 Å². The predicted octanol–water partition coefficient (Wildman–Crippen LogP) is 3.00. The standard InChI is InChI=1S/C15H22ClNO3/c1-10(17)5-12-6-13(16)7-14(18-2)15(12)20-9-19-8-11-3-4-11/h6-7,10-11H,3-5,8-9,17H2,1-2H3. The summed E-state index contributed by atoms with van der Waals surface area (Å²) in [5.41, 5.74) is 6.81. The van der Waals surface area contributed by atoms with Crippen LogP contribution in [-0.2, 0) is 11.2 Å². The van der Waals surface area contributed by atoms with E-state index < -0.39 is 0 Å². The van der Waals surface area contributed by atoms with Crippen LogP contribution in [0.5, 0.6) is 11.5 Å². The average Bonchev–Trinajstić information content (AvgIpc) is 3.19. The minimum Gasteiger partial charge on any atom is -0.493 e. The molecule has 0 radical (unpaired) electrons. The number of rotatable bonds is 8. The Morgan fingerprint density at radius 1 is 1.40 bits per heavy atom. The van der Waals surface area contributed by atoms with Crippen molar-refractivity contribution in [2.75, 3.05) is 20.5 Å². The average molecular weight is 300 g/mol. The molecule has 1 aromatic rings. The van der Waals surface area contributed by atoms with Gasteiger partial charge in [-0.2, -0.15) is 0 Å². The van der Waals surface area contributed by atoms with E-state index in [1.807, 2.05) is 13.0 Å². The van der Waals surface area contributed by atoms with Crippen LogP contribution in [0.1, 0.15) is 25.3 Å². The van der Waals surface area contributed by atoms with E-state index in [0.717, 1.165) is 12.2 Å². The molecule has 112 valence electrons. The summed E-state index contributed by atoms with van der Waals surface area (Å²) in [7, 11) is 1.60. The van der Waals surface area contributed by atoms with Gasteiger partial charge in [-0.15, -0.1) is 0 Å². The molecule has 5 heteroatoms. The van der Waals surface area contributed by atoms with Gasteiger partial charge in [0.1, 0.15) is 0 Å². The van der Waals surface area contributed by atoms with Gasteiger partial charge in [-0.3, -0.25) is 0 Å². The van der Waals surface area contributed by atoms with E-state index in [4.69, 9.17) is 31.5 Å². The predicted molar refractivity (Wildman–Crippen MR) is 79.5 cm³/mol. The monoisotopic (exact) mass is 299 g/mol. The minimum absolute atomic E-state index is 0.0212. The Bertz CT molecular complexity index is 447. The van der Waals surface area contributed by atoms with Gasteiger partial charge in [0, 0.05) is 22.7 Å². The normalized spacial score (nSPS) is 16.0. The van der Waals surface area contributed by atoms with Gasteiger partial charge in [-0.25, -0.2) is 0 Å². The topological polar surface area (TPSA) is 53.7 Å². The summed E-state index contributed by atoms with van der Waals surface area (Å²) in [5.74, 6) is 2.00. The molecule has 0 aliphatic heterocycles. The van der Waals surface area contributed by atoms with Crippen LogP contribution in [0.3, 0.4) is 0 Å². The van der Waals surface area contributed by atoms with Gasteiger partial charge < -0.3 is 19.9 Å². The fraction of sp³-hybridized carbons (Fsp3) is 0.600. The molecule has 1 fully saturated rings. The lowest BCUT2D eigenvalue weighted by Crippen LogP contribution is -2.19. The summed E-state index contributed by atoms with van der Waals surface area (Å²) in [6, 6.07) is 3.62.